The summed E-state index contributed by atoms with van der Waals surface area (Å²) in [5.74, 6) is 0.299. The summed E-state index contributed by atoms with van der Waals surface area (Å²) in [7, 11) is 1.92. The second-order valence-corrected chi connectivity index (χ2v) is 10.2. The molecule has 6 nitrogen and oxygen atoms in total. The molecule has 0 spiro atoms. The van der Waals surface area contributed by atoms with Gasteiger partial charge >= 0.3 is 0 Å². The van der Waals surface area contributed by atoms with Gasteiger partial charge in [-0.25, -0.2) is 0 Å². The normalized spacial score (nSPS) is 14.5. The number of rotatable bonds is 4. The number of aromatic nitrogens is 2. The Bertz CT molecular complexity index is 1490. The van der Waals surface area contributed by atoms with E-state index in [9.17, 15) is 9.59 Å². The number of para-hydroxylation sites is 1. The summed E-state index contributed by atoms with van der Waals surface area (Å²) in [5.41, 5.74) is 5.99. The largest absolute Gasteiger partial charge is 0.368 e. The van der Waals surface area contributed by atoms with E-state index < -0.39 is 0 Å². The third-order valence-electron chi connectivity index (χ3n) is 7.40. The standard InChI is InChI=1S/C29H34N4O2/c1-19(2)17-33-18-23(26-22-10-6-7-11-25(22)30(5)27(26)29(33)35)28(34)32-15-13-31(14-16-32)24-12-8-9-20(3)21(24)4/h6-12,18-19H,13-17H2,1-5H3. The Labute approximate surface area is 206 Å². The predicted molar refractivity (Wildman–Crippen MR) is 144 cm³/mol. The Hall–Kier alpha value is -3.54. The summed E-state index contributed by atoms with van der Waals surface area (Å²) in [5, 5.41) is 1.73. The van der Waals surface area contributed by atoms with Gasteiger partial charge in [0, 0.05) is 67.9 Å². The molecule has 2 aromatic carbocycles. The van der Waals surface area contributed by atoms with Crippen LogP contribution < -0.4 is 10.5 Å². The minimum Gasteiger partial charge on any atom is -0.368 e. The van der Waals surface area contributed by atoms with Gasteiger partial charge in [0.1, 0.15) is 5.52 Å². The zero-order valence-electron chi connectivity index (χ0n) is 21.3. The Morgan fingerprint density at radius 1 is 0.971 bits per heavy atom. The number of carbonyl (C=O) groups is 1. The van der Waals surface area contributed by atoms with Gasteiger partial charge in [0.15, 0.2) is 0 Å². The lowest BCUT2D eigenvalue weighted by atomic mass is 10.1. The number of carbonyl (C=O) groups excluding carboxylic acids is 1. The van der Waals surface area contributed by atoms with Crippen molar-refractivity contribution in [1.82, 2.24) is 14.0 Å². The summed E-state index contributed by atoms with van der Waals surface area (Å²) in [6, 6.07) is 14.4. The zero-order valence-corrected chi connectivity index (χ0v) is 21.3. The van der Waals surface area contributed by atoms with Crippen molar-refractivity contribution in [2.24, 2.45) is 13.0 Å². The SMILES string of the molecule is Cc1cccc(N2CCN(C(=O)c3cn(CC(C)C)c(=O)c4c3c3ccccc3n4C)CC2)c1C. The number of hydrogen-bond donors (Lipinski definition) is 0. The first kappa shape index (κ1) is 23.2. The van der Waals surface area contributed by atoms with Gasteiger partial charge < -0.3 is 18.9 Å². The molecule has 1 fully saturated rings. The average molecular weight is 471 g/mol. The molecule has 0 radical (unpaired) electrons. The summed E-state index contributed by atoms with van der Waals surface area (Å²) in [6.07, 6.45) is 1.80. The van der Waals surface area contributed by atoms with Gasteiger partial charge in [-0.1, -0.05) is 44.2 Å². The number of aryl methyl sites for hydroxylation is 2. The fraction of sp³-hybridized carbons (Fsp3) is 0.379. The molecule has 3 heterocycles. The maximum atomic E-state index is 14.0. The molecule has 35 heavy (non-hydrogen) atoms. The average Bonchev–Trinajstić information content (AvgIpc) is 3.15. The molecule has 6 heteroatoms. The number of amides is 1. The van der Waals surface area contributed by atoms with E-state index >= 15 is 0 Å². The predicted octanol–water partition coefficient (Wildman–Crippen LogP) is 4.73. The van der Waals surface area contributed by atoms with Gasteiger partial charge in [-0.15, -0.1) is 0 Å². The van der Waals surface area contributed by atoms with E-state index in [2.05, 4.69) is 50.8 Å². The van der Waals surface area contributed by atoms with Crippen LogP contribution >= 0.6 is 0 Å². The quantitative estimate of drug-likeness (QED) is 0.433. The minimum atomic E-state index is -0.0382. The van der Waals surface area contributed by atoms with Crippen LogP contribution in [0, 0.1) is 19.8 Å². The van der Waals surface area contributed by atoms with Crippen molar-refractivity contribution >= 4 is 33.4 Å². The van der Waals surface area contributed by atoms with Crippen LogP contribution in [-0.2, 0) is 13.6 Å². The number of pyridine rings is 1. The third-order valence-corrected chi connectivity index (χ3v) is 7.40. The van der Waals surface area contributed by atoms with Crippen LogP contribution in [-0.4, -0.2) is 46.1 Å². The molecular weight excluding hydrogens is 436 g/mol. The lowest BCUT2D eigenvalue weighted by molar-refractivity contribution is 0.0748. The fourth-order valence-corrected chi connectivity index (χ4v) is 5.42. The Kier molecular flexibility index (Phi) is 5.91. The molecular formula is C29H34N4O2. The van der Waals surface area contributed by atoms with Crippen molar-refractivity contribution in [2.75, 3.05) is 31.1 Å². The molecule has 0 bridgehead atoms. The van der Waals surface area contributed by atoms with Gasteiger partial charge in [-0.05, 0) is 43.0 Å². The number of benzene rings is 2. The molecule has 0 aliphatic carbocycles. The first-order valence-corrected chi connectivity index (χ1v) is 12.5. The van der Waals surface area contributed by atoms with Crippen molar-refractivity contribution in [3.8, 4) is 0 Å². The monoisotopic (exact) mass is 470 g/mol. The van der Waals surface area contributed by atoms with E-state index in [0.717, 1.165) is 29.4 Å². The highest BCUT2D eigenvalue weighted by Crippen LogP contribution is 2.30. The molecule has 1 amide bonds. The number of fused-ring (bicyclic) bond motifs is 3. The Morgan fingerprint density at radius 2 is 1.69 bits per heavy atom. The van der Waals surface area contributed by atoms with Crippen molar-refractivity contribution in [1.29, 1.82) is 0 Å². The number of hydrogen-bond acceptors (Lipinski definition) is 3. The highest BCUT2D eigenvalue weighted by molar-refractivity contribution is 6.17. The van der Waals surface area contributed by atoms with Crippen molar-refractivity contribution in [3.05, 3.63) is 75.7 Å². The van der Waals surface area contributed by atoms with Crippen LogP contribution in [0.2, 0.25) is 0 Å². The molecule has 5 rings (SSSR count). The van der Waals surface area contributed by atoms with Crippen LogP contribution in [0.4, 0.5) is 5.69 Å². The summed E-state index contributed by atoms with van der Waals surface area (Å²) in [6.45, 7) is 12.0. The van der Waals surface area contributed by atoms with Crippen molar-refractivity contribution < 1.29 is 4.79 Å². The number of anilines is 1. The molecule has 0 unspecified atom stereocenters. The lowest BCUT2D eigenvalue weighted by Crippen LogP contribution is -2.49. The molecule has 2 aromatic heterocycles. The maximum absolute atomic E-state index is 14.0. The van der Waals surface area contributed by atoms with E-state index in [0.29, 0.717) is 36.6 Å². The maximum Gasteiger partial charge on any atom is 0.275 e. The molecule has 4 aromatic rings. The van der Waals surface area contributed by atoms with Gasteiger partial charge in [0.25, 0.3) is 11.5 Å². The first-order valence-electron chi connectivity index (χ1n) is 12.5. The van der Waals surface area contributed by atoms with E-state index in [-0.39, 0.29) is 11.5 Å². The second-order valence-electron chi connectivity index (χ2n) is 10.2. The number of nitrogens with zero attached hydrogens (tertiary/aromatic N) is 4. The van der Waals surface area contributed by atoms with E-state index in [4.69, 9.17) is 0 Å². The topological polar surface area (TPSA) is 50.5 Å². The molecule has 0 N–H and O–H groups in total. The van der Waals surface area contributed by atoms with Crippen molar-refractivity contribution in [3.63, 3.8) is 0 Å². The fourth-order valence-electron chi connectivity index (χ4n) is 5.42. The molecule has 1 saturated heterocycles. The van der Waals surface area contributed by atoms with E-state index in [1.807, 2.05) is 40.8 Å². The van der Waals surface area contributed by atoms with Crippen LogP contribution in [0.5, 0.6) is 0 Å². The smallest absolute Gasteiger partial charge is 0.275 e. The van der Waals surface area contributed by atoms with E-state index in [1.165, 1.54) is 16.8 Å². The number of piperazine rings is 1. The summed E-state index contributed by atoms with van der Waals surface area (Å²) < 4.78 is 3.67. The van der Waals surface area contributed by atoms with Crippen LogP contribution in [0.15, 0.2) is 53.5 Å². The Balaban J connectivity index is 1.55. The second kappa shape index (κ2) is 8.91. The Morgan fingerprint density at radius 3 is 2.40 bits per heavy atom. The van der Waals surface area contributed by atoms with Gasteiger partial charge in [-0.3, -0.25) is 9.59 Å². The van der Waals surface area contributed by atoms with E-state index in [1.54, 1.807) is 10.8 Å². The first-order chi connectivity index (χ1) is 16.8. The molecule has 0 saturated carbocycles. The highest BCUT2D eigenvalue weighted by Gasteiger charge is 2.27. The third kappa shape index (κ3) is 3.91. The van der Waals surface area contributed by atoms with Crippen molar-refractivity contribution in [2.45, 2.75) is 34.2 Å². The summed E-state index contributed by atoms with van der Waals surface area (Å²) in [4.78, 5) is 31.8. The highest BCUT2D eigenvalue weighted by atomic mass is 16.2. The zero-order chi connectivity index (χ0) is 24.9. The molecule has 1 aliphatic rings. The molecule has 182 valence electrons. The van der Waals surface area contributed by atoms with Crippen LogP contribution in [0.1, 0.15) is 35.3 Å². The van der Waals surface area contributed by atoms with Crippen LogP contribution in [0.3, 0.4) is 0 Å². The van der Waals surface area contributed by atoms with Crippen LogP contribution in [0.25, 0.3) is 21.8 Å². The lowest BCUT2D eigenvalue weighted by Gasteiger charge is -2.37. The minimum absolute atomic E-state index is 0.00414. The van der Waals surface area contributed by atoms with Gasteiger partial charge in [-0.2, -0.15) is 0 Å². The molecule has 0 atom stereocenters. The van der Waals surface area contributed by atoms with Gasteiger partial charge in [0.05, 0.1) is 5.56 Å². The van der Waals surface area contributed by atoms with Gasteiger partial charge in [0.2, 0.25) is 0 Å². The molecule has 1 aliphatic heterocycles. The summed E-state index contributed by atoms with van der Waals surface area (Å²) >= 11 is 0.